The second kappa shape index (κ2) is 8.15. The van der Waals surface area contributed by atoms with Gasteiger partial charge in [-0.2, -0.15) is 5.26 Å². The zero-order valence-electron chi connectivity index (χ0n) is 15.6. The fourth-order valence-corrected chi connectivity index (χ4v) is 3.43. The highest BCUT2D eigenvalue weighted by atomic mass is 16.5. The summed E-state index contributed by atoms with van der Waals surface area (Å²) in [7, 11) is 0. The van der Waals surface area contributed by atoms with Gasteiger partial charge in [-0.15, -0.1) is 0 Å². The predicted molar refractivity (Wildman–Crippen MR) is 93.9 cm³/mol. The number of rotatable bonds is 4. The van der Waals surface area contributed by atoms with E-state index in [-0.39, 0.29) is 17.2 Å². The lowest BCUT2D eigenvalue weighted by Gasteiger charge is -2.36. The zero-order chi connectivity index (χ0) is 18.5. The first-order valence-electron chi connectivity index (χ1n) is 9.07. The van der Waals surface area contributed by atoms with Crippen molar-refractivity contribution in [2.75, 3.05) is 39.4 Å². The quantitative estimate of drug-likeness (QED) is 0.797. The first-order chi connectivity index (χ1) is 11.8. The molecule has 1 atom stereocenters. The Kier molecular flexibility index (Phi) is 6.42. The van der Waals surface area contributed by atoms with Crippen LogP contribution < -0.4 is 10.6 Å². The molecule has 7 nitrogen and oxygen atoms in total. The predicted octanol–water partition coefficient (Wildman–Crippen LogP) is 1.30. The second-order valence-corrected chi connectivity index (χ2v) is 8.17. The van der Waals surface area contributed by atoms with E-state index in [1.54, 1.807) is 4.90 Å². The molecule has 2 amide bonds. The zero-order valence-corrected chi connectivity index (χ0v) is 15.6. The topological polar surface area (TPSA) is 94.5 Å². The number of morpholine rings is 1. The van der Waals surface area contributed by atoms with Crippen molar-refractivity contribution in [1.29, 1.82) is 5.26 Å². The van der Waals surface area contributed by atoms with Crippen LogP contribution in [0.1, 0.15) is 40.0 Å². The van der Waals surface area contributed by atoms with Crippen molar-refractivity contribution < 1.29 is 14.3 Å². The third kappa shape index (κ3) is 5.16. The van der Waals surface area contributed by atoms with Gasteiger partial charge in [-0.25, -0.2) is 4.79 Å². The average molecular weight is 350 g/mol. The molecule has 0 aromatic carbocycles. The number of nitriles is 1. The molecular formula is C18H30N4O3. The van der Waals surface area contributed by atoms with Gasteiger partial charge in [-0.1, -0.05) is 20.8 Å². The molecule has 2 saturated heterocycles. The summed E-state index contributed by atoms with van der Waals surface area (Å²) < 4.78 is 5.27. The highest BCUT2D eigenvalue weighted by Crippen LogP contribution is 2.33. The fraction of sp³-hybridized carbons (Fsp3) is 0.833. The number of hydrogen-bond acceptors (Lipinski definition) is 5. The molecule has 25 heavy (non-hydrogen) atoms. The normalized spacial score (nSPS) is 21.9. The van der Waals surface area contributed by atoms with Crippen LogP contribution in [0.15, 0.2) is 0 Å². The third-order valence-electron chi connectivity index (χ3n) is 4.87. The lowest BCUT2D eigenvalue weighted by Crippen LogP contribution is -2.56. The van der Waals surface area contributed by atoms with E-state index < -0.39 is 11.5 Å². The lowest BCUT2D eigenvalue weighted by atomic mass is 9.72. The Balaban J connectivity index is 2.15. The Bertz CT molecular complexity index is 523. The number of ketones is 1. The number of amides is 2. The number of Topliss-reactive ketones (excluding diaryl/α,β-unsaturated/α-hetero) is 1. The molecule has 0 aliphatic carbocycles. The van der Waals surface area contributed by atoms with Gasteiger partial charge in [-0.05, 0) is 37.8 Å². The number of nitrogens with one attached hydrogen (secondary N) is 2. The van der Waals surface area contributed by atoms with E-state index in [9.17, 15) is 14.9 Å². The van der Waals surface area contributed by atoms with E-state index in [1.165, 1.54) is 0 Å². The van der Waals surface area contributed by atoms with Gasteiger partial charge in [-0.3, -0.25) is 4.79 Å². The summed E-state index contributed by atoms with van der Waals surface area (Å²) in [4.78, 5) is 27.5. The number of ether oxygens (including phenoxy) is 1. The van der Waals surface area contributed by atoms with Crippen molar-refractivity contribution in [3.05, 3.63) is 0 Å². The van der Waals surface area contributed by atoms with Gasteiger partial charge in [0.15, 0.2) is 5.78 Å². The van der Waals surface area contributed by atoms with Gasteiger partial charge >= 0.3 is 6.03 Å². The molecule has 0 saturated carbocycles. The van der Waals surface area contributed by atoms with Gasteiger partial charge < -0.3 is 20.3 Å². The van der Waals surface area contributed by atoms with E-state index in [0.717, 1.165) is 0 Å². The smallest absolute Gasteiger partial charge is 0.318 e. The van der Waals surface area contributed by atoms with E-state index in [0.29, 0.717) is 58.7 Å². The number of hydrogen-bond donors (Lipinski definition) is 2. The summed E-state index contributed by atoms with van der Waals surface area (Å²) in [6.45, 7) is 9.49. The van der Waals surface area contributed by atoms with Crippen molar-refractivity contribution in [3.63, 3.8) is 0 Å². The Morgan fingerprint density at radius 3 is 2.40 bits per heavy atom. The maximum atomic E-state index is 13.2. The molecule has 0 aromatic heterocycles. The summed E-state index contributed by atoms with van der Waals surface area (Å²) >= 11 is 0. The summed E-state index contributed by atoms with van der Waals surface area (Å²) in [6, 6.07) is 1.37. The number of nitrogens with zero attached hydrogens (tertiary/aromatic N) is 2. The largest absolute Gasteiger partial charge is 0.378 e. The van der Waals surface area contributed by atoms with Crippen LogP contribution in [-0.4, -0.2) is 62.1 Å². The molecule has 0 radical (unpaired) electrons. The minimum Gasteiger partial charge on any atom is -0.378 e. The van der Waals surface area contributed by atoms with Crippen LogP contribution in [0, 0.1) is 22.2 Å². The molecule has 2 aliphatic heterocycles. The monoisotopic (exact) mass is 350 g/mol. The molecule has 2 rings (SSSR count). The van der Waals surface area contributed by atoms with Gasteiger partial charge in [0.1, 0.15) is 5.41 Å². The van der Waals surface area contributed by atoms with Gasteiger partial charge in [0, 0.05) is 13.1 Å². The second-order valence-electron chi connectivity index (χ2n) is 8.17. The van der Waals surface area contributed by atoms with Crippen molar-refractivity contribution in [3.8, 4) is 6.07 Å². The maximum Gasteiger partial charge on any atom is 0.318 e. The van der Waals surface area contributed by atoms with Gasteiger partial charge in [0.2, 0.25) is 0 Å². The van der Waals surface area contributed by atoms with Crippen LogP contribution in [0.2, 0.25) is 0 Å². The molecule has 0 bridgehead atoms. The van der Waals surface area contributed by atoms with E-state index >= 15 is 0 Å². The van der Waals surface area contributed by atoms with Gasteiger partial charge in [0.25, 0.3) is 0 Å². The molecule has 0 spiro atoms. The van der Waals surface area contributed by atoms with Crippen LogP contribution in [0.4, 0.5) is 4.79 Å². The number of carbonyl (C=O) groups excluding carboxylic acids is 2. The molecule has 2 N–H and O–H groups in total. The minimum absolute atomic E-state index is 0.137. The van der Waals surface area contributed by atoms with Crippen LogP contribution >= 0.6 is 0 Å². The molecule has 2 aliphatic rings. The van der Waals surface area contributed by atoms with Crippen LogP contribution in [0.25, 0.3) is 0 Å². The summed E-state index contributed by atoms with van der Waals surface area (Å²) in [5, 5.41) is 15.8. The number of piperidine rings is 1. The Morgan fingerprint density at radius 2 is 1.88 bits per heavy atom. The van der Waals surface area contributed by atoms with Crippen molar-refractivity contribution in [1.82, 2.24) is 15.5 Å². The highest BCUT2D eigenvalue weighted by molar-refractivity contribution is 5.95. The van der Waals surface area contributed by atoms with Crippen molar-refractivity contribution in [2.45, 2.75) is 46.1 Å². The molecule has 7 heteroatoms. The Hall–Kier alpha value is -1.65. The maximum absolute atomic E-state index is 13.2. The molecule has 140 valence electrons. The Labute approximate surface area is 150 Å². The molecule has 0 aromatic rings. The minimum atomic E-state index is -1.00. The molecule has 2 heterocycles. The van der Waals surface area contributed by atoms with E-state index in [4.69, 9.17) is 4.74 Å². The summed E-state index contributed by atoms with van der Waals surface area (Å²) in [6.07, 6.45) is 1.51. The number of urea groups is 1. The summed E-state index contributed by atoms with van der Waals surface area (Å²) in [5.74, 6) is -0.145. The van der Waals surface area contributed by atoms with Crippen LogP contribution in [0.5, 0.6) is 0 Å². The molecule has 2 fully saturated rings. The average Bonchev–Trinajstić information content (AvgIpc) is 2.60. The molecular weight excluding hydrogens is 320 g/mol. The molecule has 1 unspecified atom stereocenters. The van der Waals surface area contributed by atoms with Crippen LogP contribution in [-0.2, 0) is 9.53 Å². The first kappa shape index (κ1) is 19.7. The third-order valence-corrected chi connectivity index (χ3v) is 4.87. The lowest BCUT2D eigenvalue weighted by molar-refractivity contribution is -0.129. The van der Waals surface area contributed by atoms with Gasteiger partial charge in [0.05, 0.1) is 25.3 Å². The Morgan fingerprint density at radius 1 is 1.28 bits per heavy atom. The standard InChI is InChI=1S/C18H30N4O3/c1-17(2,3)12-14(21-16(24)22-8-10-25-11-9-22)15(23)18(13-19)4-6-20-7-5-18/h14,20H,4-12H2,1-3H3,(H,21,24). The SMILES string of the molecule is CC(C)(C)CC(NC(=O)N1CCOCC1)C(=O)C1(C#N)CCNCC1. The number of carbonyl (C=O) groups is 2. The van der Waals surface area contributed by atoms with E-state index in [2.05, 4.69) is 16.7 Å². The fourth-order valence-electron chi connectivity index (χ4n) is 3.43. The highest BCUT2D eigenvalue weighted by Gasteiger charge is 2.44. The van der Waals surface area contributed by atoms with E-state index in [1.807, 2.05) is 20.8 Å². The first-order valence-corrected chi connectivity index (χ1v) is 9.07. The summed E-state index contributed by atoms with van der Waals surface area (Å²) in [5.41, 5.74) is -1.14. The van der Waals surface area contributed by atoms with Crippen molar-refractivity contribution in [2.24, 2.45) is 10.8 Å². The van der Waals surface area contributed by atoms with Crippen LogP contribution in [0.3, 0.4) is 0 Å². The van der Waals surface area contributed by atoms with Crippen molar-refractivity contribution >= 4 is 11.8 Å².